The van der Waals surface area contributed by atoms with Crippen LogP contribution in [0.15, 0.2) is 37.5 Å². The molecule has 108 valence electrons. The quantitative estimate of drug-likeness (QED) is 0.620. The second-order valence-electron chi connectivity index (χ2n) is 4.40. The Morgan fingerprint density at radius 2 is 2.24 bits per heavy atom. The smallest absolute Gasteiger partial charge is 0.336 e. The molecule has 0 saturated carbocycles. The highest BCUT2D eigenvalue weighted by molar-refractivity contribution is 9.11. The average molecular weight is 387 g/mol. The van der Waals surface area contributed by atoms with Crippen molar-refractivity contribution in [3.8, 4) is 5.75 Å². The first-order chi connectivity index (χ1) is 10.0. The Kier molecular flexibility index (Phi) is 4.01. The largest absolute Gasteiger partial charge is 0.486 e. The fourth-order valence-corrected chi connectivity index (χ4v) is 3.42. The standard InChI is InChI=1S/C14H9BrClNO3S/c1-7-2-13(18)20-11-4-12(10(16)3-9(7)11)19-6-8-5-17-14(15)21-8/h2-5H,6H2,1H3. The van der Waals surface area contributed by atoms with Gasteiger partial charge < -0.3 is 9.15 Å². The SMILES string of the molecule is Cc1cc(=O)oc2cc(OCc3cnc(Br)s3)c(Cl)cc12. The summed E-state index contributed by atoms with van der Waals surface area (Å²) in [6.45, 7) is 2.19. The Hall–Kier alpha value is -1.37. The predicted octanol–water partition coefficient (Wildman–Crippen LogP) is 4.55. The van der Waals surface area contributed by atoms with Gasteiger partial charge in [-0.25, -0.2) is 9.78 Å². The maximum Gasteiger partial charge on any atom is 0.336 e. The van der Waals surface area contributed by atoms with Gasteiger partial charge in [0.2, 0.25) is 0 Å². The number of nitrogens with zero attached hydrogens (tertiary/aromatic N) is 1. The molecule has 0 bridgehead atoms. The topological polar surface area (TPSA) is 52.3 Å². The number of ether oxygens (including phenoxy) is 1. The van der Waals surface area contributed by atoms with Crippen molar-refractivity contribution in [1.29, 1.82) is 0 Å². The van der Waals surface area contributed by atoms with E-state index in [4.69, 9.17) is 20.8 Å². The number of hydrogen-bond donors (Lipinski definition) is 0. The van der Waals surface area contributed by atoms with Gasteiger partial charge in [-0.1, -0.05) is 11.6 Å². The van der Waals surface area contributed by atoms with Crippen LogP contribution in [0.5, 0.6) is 5.75 Å². The van der Waals surface area contributed by atoms with Crippen molar-refractivity contribution in [2.45, 2.75) is 13.5 Å². The zero-order valence-electron chi connectivity index (χ0n) is 10.9. The van der Waals surface area contributed by atoms with Gasteiger partial charge >= 0.3 is 5.63 Å². The minimum Gasteiger partial charge on any atom is -0.486 e. The molecule has 0 radical (unpaired) electrons. The first-order valence-corrected chi connectivity index (χ1v) is 7.98. The van der Waals surface area contributed by atoms with E-state index < -0.39 is 0 Å². The van der Waals surface area contributed by atoms with Gasteiger partial charge in [0.25, 0.3) is 0 Å². The van der Waals surface area contributed by atoms with Crippen molar-refractivity contribution >= 4 is 49.8 Å². The molecule has 3 aromatic rings. The number of aromatic nitrogens is 1. The molecule has 0 fully saturated rings. The van der Waals surface area contributed by atoms with Crippen LogP contribution in [0.2, 0.25) is 5.02 Å². The summed E-state index contributed by atoms with van der Waals surface area (Å²) < 4.78 is 11.7. The van der Waals surface area contributed by atoms with Crippen LogP contribution in [0.4, 0.5) is 0 Å². The molecule has 0 atom stereocenters. The maximum atomic E-state index is 11.4. The van der Waals surface area contributed by atoms with E-state index in [2.05, 4.69) is 20.9 Å². The molecule has 0 spiro atoms. The summed E-state index contributed by atoms with van der Waals surface area (Å²) in [5, 5.41) is 1.27. The Morgan fingerprint density at radius 1 is 1.43 bits per heavy atom. The Morgan fingerprint density at radius 3 is 2.95 bits per heavy atom. The summed E-state index contributed by atoms with van der Waals surface area (Å²) >= 11 is 11.0. The molecule has 0 amide bonds. The van der Waals surface area contributed by atoms with Gasteiger partial charge in [0.05, 0.1) is 9.90 Å². The molecule has 0 saturated heterocycles. The lowest BCUT2D eigenvalue weighted by atomic mass is 10.1. The fourth-order valence-electron chi connectivity index (χ4n) is 1.93. The van der Waals surface area contributed by atoms with Crippen LogP contribution in [-0.2, 0) is 6.61 Å². The summed E-state index contributed by atoms with van der Waals surface area (Å²) in [5.74, 6) is 0.474. The van der Waals surface area contributed by atoms with Gasteiger partial charge in [-0.05, 0) is 34.5 Å². The Balaban J connectivity index is 1.95. The second kappa shape index (κ2) is 5.79. The molecule has 7 heteroatoms. The molecule has 0 N–H and O–H groups in total. The minimum absolute atomic E-state index is 0.352. The van der Waals surface area contributed by atoms with Crippen LogP contribution < -0.4 is 10.4 Å². The van der Waals surface area contributed by atoms with Crippen LogP contribution in [0.25, 0.3) is 11.0 Å². The van der Waals surface area contributed by atoms with Crippen molar-refractivity contribution in [2.75, 3.05) is 0 Å². The highest BCUT2D eigenvalue weighted by Crippen LogP contribution is 2.32. The number of benzene rings is 1. The van der Waals surface area contributed by atoms with E-state index in [-0.39, 0.29) is 5.63 Å². The molecule has 3 rings (SSSR count). The van der Waals surface area contributed by atoms with Gasteiger partial charge in [-0.2, -0.15) is 0 Å². The summed E-state index contributed by atoms with van der Waals surface area (Å²) in [6, 6.07) is 4.82. The van der Waals surface area contributed by atoms with E-state index in [0.717, 1.165) is 19.7 Å². The minimum atomic E-state index is -0.389. The molecule has 0 aliphatic carbocycles. The lowest BCUT2D eigenvalue weighted by Gasteiger charge is -2.08. The highest BCUT2D eigenvalue weighted by Gasteiger charge is 2.10. The van der Waals surface area contributed by atoms with Crippen molar-refractivity contribution in [3.63, 3.8) is 0 Å². The first kappa shape index (κ1) is 14.6. The number of fused-ring (bicyclic) bond motifs is 1. The molecule has 0 unspecified atom stereocenters. The van der Waals surface area contributed by atoms with E-state index >= 15 is 0 Å². The van der Waals surface area contributed by atoms with Crippen molar-refractivity contribution in [2.24, 2.45) is 0 Å². The van der Waals surface area contributed by atoms with Gasteiger partial charge in [0.1, 0.15) is 17.9 Å². The summed E-state index contributed by atoms with van der Waals surface area (Å²) in [4.78, 5) is 16.5. The van der Waals surface area contributed by atoms with Gasteiger partial charge in [-0.15, -0.1) is 11.3 Å². The number of thiazole rings is 1. The second-order valence-corrected chi connectivity index (χ2v) is 7.19. The molecule has 21 heavy (non-hydrogen) atoms. The molecular weight excluding hydrogens is 378 g/mol. The molecule has 1 aromatic carbocycles. The molecule has 0 aliphatic rings. The van der Waals surface area contributed by atoms with Crippen LogP contribution >= 0.6 is 38.9 Å². The first-order valence-electron chi connectivity index (χ1n) is 6.00. The summed E-state index contributed by atoms with van der Waals surface area (Å²) in [7, 11) is 0. The Labute approximate surface area is 137 Å². The van der Waals surface area contributed by atoms with Crippen LogP contribution in [0, 0.1) is 6.92 Å². The lowest BCUT2D eigenvalue weighted by Crippen LogP contribution is -1.99. The van der Waals surface area contributed by atoms with Gasteiger partial charge in [0, 0.05) is 23.7 Å². The van der Waals surface area contributed by atoms with Crippen molar-refractivity contribution in [3.05, 3.63) is 54.2 Å². The molecule has 4 nitrogen and oxygen atoms in total. The van der Waals surface area contributed by atoms with E-state index in [0.29, 0.717) is 23.0 Å². The van der Waals surface area contributed by atoms with Crippen LogP contribution in [-0.4, -0.2) is 4.98 Å². The third kappa shape index (κ3) is 3.12. The van der Waals surface area contributed by atoms with Gasteiger partial charge in [0.15, 0.2) is 3.92 Å². The normalized spacial score (nSPS) is 11.0. The average Bonchev–Trinajstić information content (AvgIpc) is 2.83. The highest BCUT2D eigenvalue weighted by atomic mass is 79.9. The number of hydrogen-bond acceptors (Lipinski definition) is 5. The molecular formula is C14H9BrClNO3S. The third-order valence-corrected chi connectivity index (χ3v) is 4.64. The zero-order valence-corrected chi connectivity index (χ0v) is 14.0. The van der Waals surface area contributed by atoms with E-state index in [1.54, 1.807) is 18.3 Å². The van der Waals surface area contributed by atoms with Gasteiger partial charge in [-0.3, -0.25) is 0 Å². The van der Waals surface area contributed by atoms with E-state index in [1.807, 2.05) is 6.92 Å². The number of aryl methyl sites for hydroxylation is 1. The third-order valence-electron chi connectivity index (χ3n) is 2.90. The van der Waals surface area contributed by atoms with E-state index in [1.165, 1.54) is 17.4 Å². The predicted molar refractivity (Wildman–Crippen MR) is 86.4 cm³/mol. The lowest BCUT2D eigenvalue weighted by molar-refractivity contribution is 0.309. The molecule has 2 heterocycles. The Bertz CT molecular complexity index is 874. The summed E-state index contributed by atoms with van der Waals surface area (Å²) in [6.07, 6.45) is 1.73. The van der Waals surface area contributed by atoms with Crippen LogP contribution in [0.3, 0.4) is 0 Å². The van der Waals surface area contributed by atoms with Crippen molar-refractivity contribution < 1.29 is 9.15 Å². The van der Waals surface area contributed by atoms with Crippen LogP contribution in [0.1, 0.15) is 10.4 Å². The zero-order chi connectivity index (χ0) is 15.0. The number of halogens is 2. The maximum absolute atomic E-state index is 11.4. The molecule has 2 aromatic heterocycles. The summed E-state index contributed by atoms with van der Waals surface area (Å²) in [5.41, 5.74) is 0.894. The van der Waals surface area contributed by atoms with Crippen molar-refractivity contribution in [1.82, 2.24) is 4.98 Å². The number of rotatable bonds is 3. The van der Waals surface area contributed by atoms with E-state index in [9.17, 15) is 4.79 Å². The fraction of sp³-hybridized carbons (Fsp3) is 0.143. The monoisotopic (exact) mass is 385 g/mol. The molecule has 0 aliphatic heterocycles.